The number of likely N-dealkylation sites (tertiary alicyclic amines) is 1. The van der Waals surface area contributed by atoms with Crippen LogP contribution >= 0.6 is 0 Å². The molecule has 2 saturated heterocycles. The molecule has 3 aromatic rings. The fourth-order valence-electron chi connectivity index (χ4n) is 4.64. The van der Waals surface area contributed by atoms with Crippen LogP contribution in [-0.4, -0.2) is 88.8 Å². The average Bonchev–Trinajstić information content (AvgIpc) is 3.49. The van der Waals surface area contributed by atoms with E-state index in [1.807, 2.05) is 19.3 Å². The van der Waals surface area contributed by atoms with Gasteiger partial charge in [0.05, 0.1) is 43.0 Å². The molecule has 3 aromatic heterocycles. The molecule has 0 amide bonds. The molecule has 2 aliphatic rings. The number of methoxy groups -OCH3 is 1. The number of hydrogen-bond acceptors (Lipinski definition) is 9. The van der Waals surface area contributed by atoms with Crippen molar-refractivity contribution in [2.75, 3.05) is 52.4 Å². The van der Waals surface area contributed by atoms with E-state index in [2.05, 4.69) is 43.2 Å². The second-order valence-electron chi connectivity index (χ2n) is 9.28. The van der Waals surface area contributed by atoms with Crippen molar-refractivity contribution in [3.8, 4) is 17.0 Å². The summed E-state index contributed by atoms with van der Waals surface area (Å²) < 4.78 is 19.1. The quantitative estimate of drug-likeness (QED) is 0.536. The summed E-state index contributed by atoms with van der Waals surface area (Å²) in [4.78, 5) is 16.4. The molecule has 0 unspecified atom stereocenters. The van der Waals surface area contributed by atoms with Crippen molar-refractivity contribution in [1.29, 1.82) is 0 Å². The molecule has 0 bridgehead atoms. The van der Waals surface area contributed by atoms with Gasteiger partial charge in [-0.3, -0.25) is 4.68 Å². The summed E-state index contributed by atoms with van der Waals surface area (Å²) in [5, 5.41) is 8.78. The van der Waals surface area contributed by atoms with Crippen LogP contribution in [0.15, 0.2) is 24.8 Å². The standard InChI is InChI=1S/C24H33N7O3/c1-16(15-32-3)28-24-26-12-21-22(29-24)20(11-25-23(21)34-19-5-8-33-9-6-19)17-10-27-31(13-17)18-4-7-30(2)14-18/h10-13,16,18-19H,4-9,14-15H2,1-3H3,(H,26,28,29)/t16-,18+/m0/s1. The molecule has 2 atom stereocenters. The number of anilines is 1. The zero-order valence-electron chi connectivity index (χ0n) is 20.1. The van der Waals surface area contributed by atoms with Crippen LogP contribution in [0.2, 0.25) is 0 Å². The molecule has 10 heteroatoms. The first kappa shape index (κ1) is 22.9. The second-order valence-corrected chi connectivity index (χ2v) is 9.28. The Morgan fingerprint density at radius 2 is 2.03 bits per heavy atom. The molecular formula is C24H33N7O3. The number of rotatable bonds is 8. The lowest BCUT2D eigenvalue weighted by molar-refractivity contribution is 0.0244. The Kier molecular flexibility index (Phi) is 6.89. The van der Waals surface area contributed by atoms with E-state index < -0.39 is 0 Å². The maximum atomic E-state index is 6.28. The van der Waals surface area contributed by atoms with Crippen LogP contribution in [0.5, 0.6) is 5.88 Å². The summed E-state index contributed by atoms with van der Waals surface area (Å²) >= 11 is 0. The van der Waals surface area contributed by atoms with Gasteiger partial charge in [-0.15, -0.1) is 0 Å². The van der Waals surface area contributed by atoms with Gasteiger partial charge in [-0.1, -0.05) is 0 Å². The molecule has 1 N–H and O–H groups in total. The third-order valence-electron chi connectivity index (χ3n) is 6.48. The summed E-state index contributed by atoms with van der Waals surface area (Å²) in [6, 6.07) is 0.462. The third-order valence-corrected chi connectivity index (χ3v) is 6.48. The van der Waals surface area contributed by atoms with Crippen LogP contribution in [0.3, 0.4) is 0 Å². The SMILES string of the molecule is COC[C@H](C)Nc1ncc2c(OC3CCOCC3)ncc(-c3cnn([C@@H]4CCN(C)C4)c3)c2n1. The molecular weight excluding hydrogens is 434 g/mol. The highest BCUT2D eigenvalue weighted by Gasteiger charge is 2.23. The molecule has 34 heavy (non-hydrogen) atoms. The van der Waals surface area contributed by atoms with Gasteiger partial charge >= 0.3 is 0 Å². The molecule has 10 nitrogen and oxygen atoms in total. The number of nitrogens with one attached hydrogen (secondary N) is 1. The Hall–Kier alpha value is -2.82. The highest BCUT2D eigenvalue weighted by Crippen LogP contribution is 2.33. The lowest BCUT2D eigenvalue weighted by Crippen LogP contribution is -2.26. The smallest absolute Gasteiger partial charge is 0.224 e. The second kappa shape index (κ2) is 10.2. The van der Waals surface area contributed by atoms with E-state index in [0.29, 0.717) is 37.7 Å². The number of pyridine rings is 1. The Balaban J connectivity index is 1.50. The maximum absolute atomic E-state index is 6.28. The van der Waals surface area contributed by atoms with Crippen molar-refractivity contribution in [3.63, 3.8) is 0 Å². The topological polar surface area (TPSA) is 99.4 Å². The molecule has 0 spiro atoms. The van der Waals surface area contributed by atoms with Gasteiger partial charge in [-0.05, 0) is 26.9 Å². The first-order valence-corrected chi connectivity index (χ1v) is 12.0. The Morgan fingerprint density at radius 3 is 2.79 bits per heavy atom. The fraction of sp³-hybridized carbons (Fsp3) is 0.583. The number of ether oxygens (including phenoxy) is 3. The van der Waals surface area contributed by atoms with E-state index >= 15 is 0 Å². The van der Waals surface area contributed by atoms with E-state index in [1.165, 1.54) is 0 Å². The monoisotopic (exact) mass is 467 g/mol. The minimum absolute atomic E-state index is 0.0767. The van der Waals surface area contributed by atoms with Gasteiger partial charge in [-0.25, -0.2) is 15.0 Å². The zero-order chi connectivity index (χ0) is 23.5. The van der Waals surface area contributed by atoms with Crippen molar-refractivity contribution < 1.29 is 14.2 Å². The van der Waals surface area contributed by atoms with Crippen LogP contribution in [0.4, 0.5) is 5.95 Å². The zero-order valence-corrected chi connectivity index (χ0v) is 20.1. The van der Waals surface area contributed by atoms with Crippen LogP contribution < -0.4 is 10.1 Å². The van der Waals surface area contributed by atoms with Crippen LogP contribution in [-0.2, 0) is 9.47 Å². The largest absolute Gasteiger partial charge is 0.474 e. The Labute approximate surface area is 199 Å². The lowest BCUT2D eigenvalue weighted by Gasteiger charge is -2.23. The predicted molar refractivity (Wildman–Crippen MR) is 129 cm³/mol. The summed E-state index contributed by atoms with van der Waals surface area (Å²) in [6.07, 6.45) is 10.5. The molecule has 5 rings (SSSR count). The van der Waals surface area contributed by atoms with Crippen molar-refractivity contribution in [2.45, 2.75) is 44.4 Å². The van der Waals surface area contributed by atoms with Crippen LogP contribution in [0.1, 0.15) is 32.2 Å². The van der Waals surface area contributed by atoms with Crippen LogP contribution in [0, 0.1) is 0 Å². The van der Waals surface area contributed by atoms with Crippen molar-refractivity contribution in [3.05, 3.63) is 24.8 Å². The van der Waals surface area contributed by atoms with Crippen molar-refractivity contribution in [2.24, 2.45) is 0 Å². The number of fused-ring (bicyclic) bond motifs is 1. The normalized spacial score (nSPS) is 20.6. The maximum Gasteiger partial charge on any atom is 0.224 e. The molecule has 2 aliphatic heterocycles. The molecule has 0 saturated carbocycles. The van der Waals surface area contributed by atoms with Crippen LogP contribution in [0.25, 0.3) is 22.0 Å². The molecule has 2 fully saturated rings. The van der Waals surface area contributed by atoms with Gasteiger partial charge in [0.25, 0.3) is 0 Å². The van der Waals surface area contributed by atoms with Gasteiger partial charge in [0, 0.05) is 62.3 Å². The van der Waals surface area contributed by atoms with Gasteiger partial charge in [0.15, 0.2) is 0 Å². The molecule has 182 valence electrons. The predicted octanol–water partition coefficient (Wildman–Crippen LogP) is 2.77. The van der Waals surface area contributed by atoms with Gasteiger partial charge in [-0.2, -0.15) is 5.10 Å². The number of hydrogen-bond donors (Lipinski definition) is 1. The third kappa shape index (κ3) is 4.98. The molecule has 5 heterocycles. The summed E-state index contributed by atoms with van der Waals surface area (Å²) in [7, 11) is 3.83. The molecule has 0 radical (unpaired) electrons. The Morgan fingerprint density at radius 1 is 1.18 bits per heavy atom. The highest BCUT2D eigenvalue weighted by molar-refractivity contribution is 5.95. The average molecular weight is 468 g/mol. The fourth-order valence-corrected chi connectivity index (χ4v) is 4.64. The minimum Gasteiger partial charge on any atom is -0.474 e. The van der Waals surface area contributed by atoms with Crippen molar-refractivity contribution in [1.82, 2.24) is 29.6 Å². The highest BCUT2D eigenvalue weighted by atomic mass is 16.5. The number of nitrogens with zero attached hydrogens (tertiary/aromatic N) is 6. The first-order chi connectivity index (χ1) is 16.6. The van der Waals surface area contributed by atoms with E-state index in [9.17, 15) is 0 Å². The minimum atomic E-state index is 0.0767. The summed E-state index contributed by atoms with van der Waals surface area (Å²) in [5.74, 6) is 1.11. The number of aromatic nitrogens is 5. The Bertz CT molecular complexity index is 1120. The summed E-state index contributed by atoms with van der Waals surface area (Å²) in [5.41, 5.74) is 2.69. The van der Waals surface area contributed by atoms with Gasteiger partial charge in [0.1, 0.15) is 6.10 Å². The number of likely N-dealkylation sites (N-methyl/N-ethyl adjacent to an activating group) is 1. The molecule has 0 aromatic carbocycles. The van der Waals surface area contributed by atoms with E-state index in [1.54, 1.807) is 13.3 Å². The van der Waals surface area contributed by atoms with E-state index in [0.717, 1.165) is 54.4 Å². The summed E-state index contributed by atoms with van der Waals surface area (Å²) in [6.45, 7) is 6.10. The van der Waals surface area contributed by atoms with Gasteiger partial charge < -0.3 is 24.4 Å². The lowest BCUT2D eigenvalue weighted by atomic mass is 10.1. The first-order valence-electron chi connectivity index (χ1n) is 12.0. The van der Waals surface area contributed by atoms with E-state index in [4.69, 9.17) is 19.2 Å². The van der Waals surface area contributed by atoms with E-state index in [-0.39, 0.29) is 12.1 Å². The van der Waals surface area contributed by atoms with Crippen molar-refractivity contribution >= 4 is 16.9 Å². The molecule has 0 aliphatic carbocycles. The van der Waals surface area contributed by atoms with Gasteiger partial charge in [0.2, 0.25) is 11.8 Å².